The molecule has 3 fully saturated rings. The molecular weight excluding hydrogens is 268 g/mol. The van der Waals surface area contributed by atoms with Gasteiger partial charge in [0.25, 0.3) is 0 Å². The number of hydrogen-bond donors (Lipinski definition) is 0. The lowest BCUT2D eigenvalue weighted by Gasteiger charge is -2.28. The van der Waals surface area contributed by atoms with Crippen molar-refractivity contribution in [2.24, 2.45) is 23.7 Å². The molecule has 3 rings (SSSR count). The van der Waals surface area contributed by atoms with Crippen molar-refractivity contribution in [2.45, 2.75) is 28.9 Å². The molecule has 3 aliphatic rings. The van der Waals surface area contributed by atoms with Crippen LogP contribution in [0.4, 0.5) is 0 Å². The topological polar surface area (TPSA) is 0 Å². The van der Waals surface area contributed by atoms with E-state index in [2.05, 4.69) is 31.9 Å². The van der Waals surface area contributed by atoms with E-state index in [0.717, 1.165) is 33.3 Å². The van der Waals surface area contributed by atoms with Crippen LogP contribution in [-0.4, -0.2) is 9.65 Å². The average molecular weight is 280 g/mol. The van der Waals surface area contributed by atoms with Gasteiger partial charge in [0.1, 0.15) is 0 Å². The summed E-state index contributed by atoms with van der Waals surface area (Å²) in [6.07, 6.45) is 4.46. The molecule has 2 bridgehead atoms. The molecule has 0 aromatic heterocycles. The fourth-order valence-corrected chi connectivity index (χ4v) is 6.08. The molecule has 6 atom stereocenters. The van der Waals surface area contributed by atoms with Gasteiger partial charge in [-0.25, -0.2) is 0 Å². The second-order valence-electron chi connectivity index (χ2n) is 4.36. The predicted octanol–water partition coefficient (Wildman–Crippen LogP) is 3.19. The lowest BCUT2D eigenvalue weighted by atomic mass is 9.89. The van der Waals surface area contributed by atoms with Crippen LogP contribution in [-0.2, 0) is 0 Å². The van der Waals surface area contributed by atoms with Gasteiger partial charge in [-0.2, -0.15) is 0 Å². The van der Waals surface area contributed by atoms with Crippen LogP contribution in [0, 0.1) is 23.7 Å². The van der Waals surface area contributed by atoms with Crippen LogP contribution in [0.1, 0.15) is 19.3 Å². The van der Waals surface area contributed by atoms with E-state index in [1.165, 1.54) is 19.3 Å². The minimum Gasteiger partial charge on any atom is -0.0884 e. The van der Waals surface area contributed by atoms with Crippen molar-refractivity contribution in [2.75, 3.05) is 0 Å². The average Bonchev–Trinajstić information content (AvgIpc) is 2.68. The van der Waals surface area contributed by atoms with Crippen molar-refractivity contribution >= 4 is 31.9 Å². The third kappa shape index (κ3) is 0.861. The molecule has 11 heavy (non-hydrogen) atoms. The summed E-state index contributed by atoms with van der Waals surface area (Å²) in [7, 11) is 0. The Kier molecular flexibility index (Phi) is 1.51. The highest BCUT2D eigenvalue weighted by molar-refractivity contribution is 9.10. The number of halogens is 2. The van der Waals surface area contributed by atoms with E-state index in [-0.39, 0.29) is 0 Å². The van der Waals surface area contributed by atoms with E-state index < -0.39 is 0 Å². The van der Waals surface area contributed by atoms with Crippen molar-refractivity contribution in [1.29, 1.82) is 0 Å². The minimum absolute atomic E-state index is 0.843. The fraction of sp³-hybridized carbons (Fsp3) is 1.00. The lowest BCUT2D eigenvalue weighted by Crippen LogP contribution is -2.30. The zero-order valence-corrected chi connectivity index (χ0v) is 9.51. The summed E-state index contributed by atoms with van der Waals surface area (Å²) in [5.74, 6) is 4.13. The second kappa shape index (κ2) is 2.25. The van der Waals surface area contributed by atoms with E-state index in [1.54, 1.807) is 0 Å². The molecule has 3 saturated carbocycles. The van der Waals surface area contributed by atoms with E-state index in [4.69, 9.17) is 0 Å². The van der Waals surface area contributed by atoms with Crippen molar-refractivity contribution in [3.05, 3.63) is 0 Å². The van der Waals surface area contributed by atoms with Gasteiger partial charge < -0.3 is 0 Å². The summed E-state index contributed by atoms with van der Waals surface area (Å²) < 4.78 is 0. The molecule has 0 spiro atoms. The molecule has 2 heteroatoms. The number of rotatable bonds is 0. The normalized spacial score (nSPS) is 66.0. The molecule has 3 aliphatic carbocycles. The number of hydrogen-bond acceptors (Lipinski definition) is 0. The molecule has 0 aliphatic heterocycles. The summed E-state index contributed by atoms with van der Waals surface area (Å²) in [5.41, 5.74) is 0. The van der Waals surface area contributed by atoms with E-state index in [0.29, 0.717) is 0 Å². The largest absolute Gasteiger partial charge is 0.0884 e. The highest BCUT2D eigenvalue weighted by atomic mass is 79.9. The maximum absolute atomic E-state index is 3.86. The zero-order valence-electron chi connectivity index (χ0n) is 6.34. The van der Waals surface area contributed by atoms with Crippen LogP contribution in [0.3, 0.4) is 0 Å². The Morgan fingerprint density at radius 3 is 2.18 bits per heavy atom. The van der Waals surface area contributed by atoms with Crippen molar-refractivity contribution in [3.63, 3.8) is 0 Å². The highest BCUT2D eigenvalue weighted by Crippen LogP contribution is 2.64. The van der Waals surface area contributed by atoms with Gasteiger partial charge >= 0.3 is 0 Å². The Balaban J connectivity index is 1.94. The van der Waals surface area contributed by atoms with Crippen molar-refractivity contribution < 1.29 is 0 Å². The van der Waals surface area contributed by atoms with Gasteiger partial charge in [-0.05, 0) is 42.9 Å². The van der Waals surface area contributed by atoms with Crippen LogP contribution in [0.5, 0.6) is 0 Å². The third-order valence-electron chi connectivity index (χ3n) is 3.91. The first kappa shape index (κ1) is 7.37. The molecule has 0 N–H and O–H groups in total. The van der Waals surface area contributed by atoms with Gasteiger partial charge in [-0.15, -0.1) is 0 Å². The zero-order chi connectivity index (χ0) is 7.59. The van der Waals surface area contributed by atoms with Gasteiger partial charge in [0.15, 0.2) is 0 Å². The van der Waals surface area contributed by atoms with E-state index >= 15 is 0 Å². The monoisotopic (exact) mass is 278 g/mol. The molecule has 0 aromatic rings. The van der Waals surface area contributed by atoms with Crippen LogP contribution < -0.4 is 0 Å². The molecule has 0 radical (unpaired) electrons. The smallest absolute Gasteiger partial charge is 0.0215 e. The van der Waals surface area contributed by atoms with Gasteiger partial charge in [-0.1, -0.05) is 31.9 Å². The van der Waals surface area contributed by atoms with Crippen LogP contribution >= 0.6 is 31.9 Å². The molecule has 0 nitrogen and oxygen atoms in total. The van der Waals surface area contributed by atoms with E-state index in [1.807, 2.05) is 0 Å². The van der Waals surface area contributed by atoms with Gasteiger partial charge in [0.2, 0.25) is 0 Å². The van der Waals surface area contributed by atoms with E-state index in [9.17, 15) is 0 Å². The summed E-state index contributed by atoms with van der Waals surface area (Å²) in [5, 5.41) is 0. The summed E-state index contributed by atoms with van der Waals surface area (Å²) in [6, 6.07) is 0. The second-order valence-corrected chi connectivity index (χ2v) is 6.47. The van der Waals surface area contributed by atoms with Crippen LogP contribution in [0.2, 0.25) is 0 Å². The quantitative estimate of drug-likeness (QED) is 0.598. The number of fused-ring (bicyclic) bond motifs is 4. The van der Waals surface area contributed by atoms with Crippen molar-refractivity contribution in [1.82, 2.24) is 0 Å². The summed E-state index contributed by atoms with van der Waals surface area (Å²) in [4.78, 5) is 1.69. The van der Waals surface area contributed by atoms with Gasteiger partial charge in [0.05, 0.1) is 0 Å². The Morgan fingerprint density at radius 2 is 1.36 bits per heavy atom. The van der Waals surface area contributed by atoms with Crippen LogP contribution in [0.25, 0.3) is 0 Å². The third-order valence-corrected chi connectivity index (χ3v) is 6.63. The van der Waals surface area contributed by atoms with Gasteiger partial charge in [0, 0.05) is 9.65 Å². The summed E-state index contributed by atoms with van der Waals surface area (Å²) in [6.45, 7) is 0. The Hall–Kier alpha value is 0.960. The molecule has 0 saturated heterocycles. The molecular formula is C9H12Br2. The Bertz CT molecular complexity index is 188. The first-order valence-corrected chi connectivity index (χ1v) is 6.40. The lowest BCUT2D eigenvalue weighted by molar-refractivity contribution is 0.371. The molecule has 0 amide bonds. The fourth-order valence-electron chi connectivity index (χ4n) is 3.22. The first-order chi connectivity index (χ1) is 5.29. The number of alkyl halides is 2. The predicted molar refractivity (Wildman–Crippen MR) is 53.2 cm³/mol. The maximum atomic E-state index is 3.86. The Morgan fingerprint density at radius 1 is 0.727 bits per heavy atom. The van der Waals surface area contributed by atoms with Crippen molar-refractivity contribution in [3.8, 4) is 0 Å². The summed E-state index contributed by atoms with van der Waals surface area (Å²) >= 11 is 7.72. The Labute approximate surface area is 84.4 Å². The molecule has 0 aromatic carbocycles. The highest BCUT2D eigenvalue weighted by Gasteiger charge is 2.59. The maximum Gasteiger partial charge on any atom is 0.0215 e. The molecule has 62 valence electrons. The minimum atomic E-state index is 0.843. The first-order valence-electron chi connectivity index (χ1n) is 4.57. The van der Waals surface area contributed by atoms with Gasteiger partial charge in [-0.3, -0.25) is 0 Å². The SMILES string of the molecule is Br[C@@H]1[C@@H]2CC[C@@H]([C@@H]2Br)[C@@H]2C[C@H]12. The molecule has 0 heterocycles. The molecule has 0 unspecified atom stereocenters. The standard InChI is InChI=1S/C9H12Br2/c10-8-4-1-2-5(8)9(11)7-3-6(4)7/h4-9H,1-3H2/t4-,5-,6+,7+,8+,9-/m1/s1. The van der Waals surface area contributed by atoms with Crippen LogP contribution in [0.15, 0.2) is 0 Å².